The maximum atomic E-state index is 11.5. The van der Waals surface area contributed by atoms with Crippen molar-refractivity contribution < 1.29 is 9.53 Å². The minimum absolute atomic E-state index is 0.181. The van der Waals surface area contributed by atoms with Crippen LogP contribution in [0.15, 0.2) is 0 Å². The summed E-state index contributed by atoms with van der Waals surface area (Å²) in [7, 11) is 2.09. The predicted molar refractivity (Wildman–Crippen MR) is 55.3 cm³/mol. The Morgan fingerprint density at radius 2 is 2.00 bits per heavy atom. The molecule has 4 heteroatoms. The van der Waals surface area contributed by atoms with Gasteiger partial charge in [-0.25, -0.2) is 4.79 Å². The predicted octanol–water partition coefficient (Wildman–Crippen LogP) is 1.17. The third kappa shape index (κ3) is 2.38. The molecule has 4 nitrogen and oxygen atoms in total. The van der Waals surface area contributed by atoms with E-state index in [-0.39, 0.29) is 12.1 Å². The summed E-state index contributed by atoms with van der Waals surface area (Å²) >= 11 is 0. The smallest absolute Gasteiger partial charge is 0.410 e. The van der Waals surface area contributed by atoms with Crippen LogP contribution in [-0.2, 0) is 4.74 Å². The van der Waals surface area contributed by atoms with Gasteiger partial charge in [0.25, 0.3) is 0 Å². The van der Waals surface area contributed by atoms with Gasteiger partial charge in [0, 0.05) is 25.2 Å². The Morgan fingerprint density at radius 1 is 1.36 bits per heavy atom. The summed E-state index contributed by atoms with van der Waals surface area (Å²) in [5.74, 6) is 0. The summed E-state index contributed by atoms with van der Waals surface area (Å²) in [4.78, 5) is 15.6. The molecule has 0 spiro atoms. The van der Waals surface area contributed by atoms with Gasteiger partial charge < -0.3 is 9.64 Å². The van der Waals surface area contributed by atoms with E-state index in [0.717, 1.165) is 13.1 Å². The molecule has 1 fully saturated rings. The standard InChI is InChI=1S/C10H20N2O2/c1-5-14-10(13)12-7-8(2)11(4)6-9(12)3/h8-9H,5-7H2,1-4H3/t8-,9-/m1/s1. The molecule has 0 unspecified atom stereocenters. The number of likely N-dealkylation sites (N-methyl/N-ethyl adjacent to an activating group) is 1. The number of ether oxygens (including phenoxy) is 1. The van der Waals surface area contributed by atoms with Gasteiger partial charge in [-0.3, -0.25) is 4.90 Å². The average Bonchev–Trinajstić information content (AvgIpc) is 2.11. The van der Waals surface area contributed by atoms with Crippen LogP contribution < -0.4 is 0 Å². The Labute approximate surface area is 85.8 Å². The first-order valence-electron chi connectivity index (χ1n) is 5.19. The molecule has 1 aliphatic heterocycles. The third-order valence-corrected chi connectivity index (χ3v) is 2.80. The molecule has 2 atom stereocenters. The van der Waals surface area contributed by atoms with Crippen LogP contribution in [0.3, 0.4) is 0 Å². The van der Waals surface area contributed by atoms with Crippen molar-refractivity contribution in [2.45, 2.75) is 32.9 Å². The Kier molecular flexibility index (Phi) is 3.75. The normalized spacial score (nSPS) is 29.0. The molecule has 1 aliphatic rings. The van der Waals surface area contributed by atoms with Crippen molar-refractivity contribution in [2.75, 3.05) is 26.7 Å². The van der Waals surface area contributed by atoms with Crippen molar-refractivity contribution in [2.24, 2.45) is 0 Å². The number of hydrogen-bond acceptors (Lipinski definition) is 3. The molecule has 0 aliphatic carbocycles. The van der Waals surface area contributed by atoms with Crippen molar-refractivity contribution in [3.8, 4) is 0 Å². The van der Waals surface area contributed by atoms with Crippen LogP contribution in [0.1, 0.15) is 20.8 Å². The van der Waals surface area contributed by atoms with Gasteiger partial charge in [-0.1, -0.05) is 0 Å². The highest BCUT2D eigenvalue weighted by Crippen LogP contribution is 2.14. The quantitative estimate of drug-likeness (QED) is 0.637. The lowest BCUT2D eigenvalue weighted by Crippen LogP contribution is -2.56. The van der Waals surface area contributed by atoms with E-state index in [2.05, 4.69) is 25.8 Å². The van der Waals surface area contributed by atoms with Gasteiger partial charge in [0.05, 0.1) is 6.61 Å². The maximum absolute atomic E-state index is 11.5. The van der Waals surface area contributed by atoms with E-state index >= 15 is 0 Å². The minimum Gasteiger partial charge on any atom is -0.450 e. The second-order valence-electron chi connectivity index (χ2n) is 3.99. The van der Waals surface area contributed by atoms with E-state index in [0.29, 0.717) is 12.6 Å². The number of nitrogens with zero attached hydrogens (tertiary/aromatic N) is 2. The van der Waals surface area contributed by atoms with E-state index in [4.69, 9.17) is 4.74 Å². The highest BCUT2D eigenvalue weighted by molar-refractivity contribution is 5.68. The molecule has 1 heterocycles. The summed E-state index contributed by atoms with van der Waals surface area (Å²) in [5.41, 5.74) is 0. The first kappa shape index (κ1) is 11.3. The minimum atomic E-state index is -0.181. The maximum Gasteiger partial charge on any atom is 0.410 e. The number of carbonyl (C=O) groups is 1. The zero-order valence-corrected chi connectivity index (χ0v) is 9.49. The molecule has 0 N–H and O–H groups in total. The summed E-state index contributed by atoms with van der Waals surface area (Å²) in [6, 6.07) is 0.658. The van der Waals surface area contributed by atoms with E-state index in [1.807, 2.05) is 11.8 Å². The first-order valence-corrected chi connectivity index (χ1v) is 5.19. The number of rotatable bonds is 1. The van der Waals surface area contributed by atoms with Crippen molar-refractivity contribution in [1.29, 1.82) is 0 Å². The Morgan fingerprint density at radius 3 is 2.57 bits per heavy atom. The largest absolute Gasteiger partial charge is 0.450 e. The molecule has 0 radical (unpaired) electrons. The van der Waals surface area contributed by atoms with Crippen LogP contribution in [0.5, 0.6) is 0 Å². The van der Waals surface area contributed by atoms with Crippen LogP contribution in [0, 0.1) is 0 Å². The molecular formula is C10H20N2O2. The molecule has 1 saturated heterocycles. The average molecular weight is 200 g/mol. The highest BCUT2D eigenvalue weighted by Gasteiger charge is 2.30. The summed E-state index contributed by atoms with van der Waals surface area (Å²) < 4.78 is 5.00. The van der Waals surface area contributed by atoms with Crippen LogP contribution >= 0.6 is 0 Å². The van der Waals surface area contributed by atoms with Crippen molar-refractivity contribution >= 4 is 6.09 Å². The molecule has 0 aromatic carbocycles. The van der Waals surface area contributed by atoms with Crippen LogP contribution in [0.2, 0.25) is 0 Å². The van der Waals surface area contributed by atoms with E-state index in [1.165, 1.54) is 0 Å². The fourth-order valence-corrected chi connectivity index (χ4v) is 1.76. The zero-order chi connectivity index (χ0) is 10.7. The number of amides is 1. The summed E-state index contributed by atoms with van der Waals surface area (Å²) in [6.45, 7) is 8.14. The topological polar surface area (TPSA) is 32.8 Å². The summed E-state index contributed by atoms with van der Waals surface area (Å²) in [6.07, 6.45) is -0.181. The molecule has 1 amide bonds. The highest BCUT2D eigenvalue weighted by atomic mass is 16.6. The van der Waals surface area contributed by atoms with Gasteiger partial charge in [0.1, 0.15) is 0 Å². The Balaban J connectivity index is 2.56. The molecule has 0 saturated carbocycles. The van der Waals surface area contributed by atoms with Crippen LogP contribution in [0.25, 0.3) is 0 Å². The first-order chi connectivity index (χ1) is 6.56. The second kappa shape index (κ2) is 4.64. The molecule has 14 heavy (non-hydrogen) atoms. The van der Waals surface area contributed by atoms with Gasteiger partial charge in [-0.05, 0) is 27.8 Å². The molecule has 0 aromatic heterocycles. The number of hydrogen-bond donors (Lipinski definition) is 0. The van der Waals surface area contributed by atoms with Crippen LogP contribution in [0.4, 0.5) is 4.79 Å². The Bertz CT molecular complexity index is 208. The third-order valence-electron chi connectivity index (χ3n) is 2.80. The van der Waals surface area contributed by atoms with E-state index in [9.17, 15) is 4.79 Å². The number of piperazine rings is 1. The van der Waals surface area contributed by atoms with Crippen molar-refractivity contribution in [1.82, 2.24) is 9.80 Å². The fourth-order valence-electron chi connectivity index (χ4n) is 1.76. The van der Waals surface area contributed by atoms with Gasteiger partial charge >= 0.3 is 6.09 Å². The van der Waals surface area contributed by atoms with Crippen molar-refractivity contribution in [3.05, 3.63) is 0 Å². The molecule has 0 aromatic rings. The fraction of sp³-hybridized carbons (Fsp3) is 0.900. The monoisotopic (exact) mass is 200 g/mol. The summed E-state index contributed by atoms with van der Waals surface area (Å²) in [5, 5.41) is 0. The lowest BCUT2D eigenvalue weighted by Gasteiger charge is -2.41. The van der Waals surface area contributed by atoms with E-state index in [1.54, 1.807) is 0 Å². The zero-order valence-electron chi connectivity index (χ0n) is 9.49. The van der Waals surface area contributed by atoms with Gasteiger partial charge in [-0.15, -0.1) is 0 Å². The molecule has 82 valence electrons. The molecule has 1 rings (SSSR count). The van der Waals surface area contributed by atoms with Gasteiger partial charge in [-0.2, -0.15) is 0 Å². The van der Waals surface area contributed by atoms with Crippen molar-refractivity contribution in [3.63, 3.8) is 0 Å². The lowest BCUT2D eigenvalue weighted by atomic mass is 10.1. The number of carbonyl (C=O) groups excluding carboxylic acids is 1. The Hall–Kier alpha value is -0.770. The molecular weight excluding hydrogens is 180 g/mol. The SMILES string of the molecule is CCOC(=O)N1C[C@@H](C)N(C)C[C@H]1C. The molecule has 0 bridgehead atoms. The van der Waals surface area contributed by atoms with Gasteiger partial charge in [0.15, 0.2) is 0 Å². The lowest BCUT2D eigenvalue weighted by molar-refractivity contribution is 0.0406. The van der Waals surface area contributed by atoms with Crippen LogP contribution in [-0.4, -0.2) is 54.7 Å². The second-order valence-corrected chi connectivity index (χ2v) is 3.99. The van der Waals surface area contributed by atoms with Gasteiger partial charge in [0.2, 0.25) is 0 Å². The van der Waals surface area contributed by atoms with E-state index < -0.39 is 0 Å².